The Bertz CT molecular complexity index is 1240. The van der Waals surface area contributed by atoms with Gasteiger partial charge in [0, 0.05) is 19.3 Å². The molecule has 0 aliphatic rings. The van der Waals surface area contributed by atoms with Crippen molar-refractivity contribution in [2.75, 3.05) is 13.2 Å². The van der Waals surface area contributed by atoms with Gasteiger partial charge in [0.1, 0.15) is 13.2 Å². The van der Waals surface area contributed by atoms with Gasteiger partial charge in [-0.05, 0) is 103 Å². The molecule has 0 saturated heterocycles. The van der Waals surface area contributed by atoms with Gasteiger partial charge in [0.15, 0.2) is 6.10 Å². The third-order valence-electron chi connectivity index (χ3n) is 11.9. The molecule has 0 bridgehead atoms. The first kappa shape index (κ1) is 62.8. The Morgan fingerprint density at radius 1 is 0.318 bits per heavy atom. The van der Waals surface area contributed by atoms with E-state index < -0.39 is 6.10 Å². The summed E-state index contributed by atoms with van der Waals surface area (Å²) >= 11 is 0. The molecule has 66 heavy (non-hydrogen) atoms. The van der Waals surface area contributed by atoms with Gasteiger partial charge in [-0.3, -0.25) is 14.4 Å². The van der Waals surface area contributed by atoms with E-state index in [4.69, 9.17) is 14.2 Å². The summed E-state index contributed by atoms with van der Waals surface area (Å²) in [6.45, 7) is 6.41. The second kappa shape index (κ2) is 54.5. The fourth-order valence-corrected chi connectivity index (χ4v) is 7.78. The van der Waals surface area contributed by atoms with Crippen molar-refractivity contribution >= 4 is 17.9 Å². The lowest BCUT2D eigenvalue weighted by atomic mass is 10.1. The summed E-state index contributed by atoms with van der Waals surface area (Å²) in [5.74, 6) is -0.910. The van der Waals surface area contributed by atoms with Crippen molar-refractivity contribution in [3.63, 3.8) is 0 Å². The van der Waals surface area contributed by atoms with Gasteiger partial charge < -0.3 is 14.2 Å². The lowest BCUT2D eigenvalue weighted by molar-refractivity contribution is -0.167. The molecule has 6 nitrogen and oxygen atoms in total. The lowest BCUT2D eigenvalue weighted by Crippen LogP contribution is -2.30. The summed E-state index contributed by atoms with van der Waals surface area (Å²) in [7, 11) is 0. The van der Waals surface area contributed by atoms with Crippen LogP contribution >= 0.6 is 0 Å². The number of esters is 3. The molecule has 0 aromatic carbocycles. The first-order valence-electron chi connectivity index (χ1n) is 27.9. The fraction of sp³-hybridized carbons (Fsp3) is 0.750. The van der Waals surface area contributed by atoms with Crippen LogP contribution in [-0.2, 0) is 28.6 Å². The van der Waals surface area contributed by atoms with E-state index >= 15 is 0 Å². The fourth-order valence-electron chi connectivity index (χ4n) is 7.78. The lowest BCUT2D eigenvalue weighted by Gasteiger charge is -2.18. The molecule has 0 spiro atoms. The van der Waals surface area contributed by atoms with Crippen LogP contribution in [0.3, 0.4) is 0 Å². The van der Waals surface area contributed by atoms with E-state index in [2.05, 4.69) is 93.7 Å². The molecule has 0 fully saturated rings. The third-order valence-corrected chi connectivity index (χ3v) is 11.9. The van der Waals surface area contributed by atoms with Crippen molar-refractivity contribution in [2.45, 2.75) is 277 Å². The largest absolute Gasteiger partial charge is 0.462 e. The van der Waals surface area contributed by atoms with Crippen molar-refractivity contribution in [1.29, 1.82) is 0 Å². The molecule has 1 atom stereocenters. The van der Waals surface area contributed by atoms with Crippen molar-refractivity contribution in [2.24, 2.45) is 0 Å². The van der Waals surface area contributed by atoms with Gasteiger partial charge in [-0.2, -0.15) is 0 Å². The summed E-state index contributed by atoms with van der Waals surface area (Å²) in [6, 6.07) is 0. The molecular weight excluding hydrogens is 817 g/mol. The molecule has 0 radical (unpaired) electrons. The number of hydrogen-bond acceptors (Lipinski definition) is 6. The predicted molar refractivity (Wildman–Crippen MR) is 284 cm³/mol. The Morgan fingerprint density at radius 2 is 0.591 bits per heavy atom. The highest BCUT2D eigenvalue weighted by atomic mass is 16.6. The average molecular weight is 921 g/mol. The van der Waals surface area contributed by atoms with Crippen LogP contribution < -0.4 is 0 Å². The summed E-state index contributed by atoms with van der Waals surface area (Å²) in [5.41, 5.74) is 0. The molecule has 380 valence electrons. The summed E-state index contributed by atoms with van der Waals surface area (Å²) in [4.78, 5) is 38.1. The maximum Gasteiger partial charge on any atom is 0.306 e. The number of allylic oxidation sites excluding steroid dienone is 12. The first-order chi connectivity index (χ1) is 32.5. The number of hydrogen-bond donors (Lipinski definition) is 0. The van der Waals surface area contributed by atoms with Crippen LogP contribution in [0.2, 0.25) is 0 Å². The Hall–Kier alpha value is -3.15. The second-order valence-corrected chi connectivity index (χ2v) is 18.4. The molecule has 0 amide bonds. The third kappa shape index (κ3) is 51.8. The van der Waals surface area contributed by atoms with Gasteiger partial charge in [-0.25, -0.2) is 0 Å². The van der Waals surface area contributed by atoms with Crippen LogP contribution in [0, 0.1) is 0 Å². The molecule has 0 N–H and O–H groups in total. The van der Waals surface area contributed by atoms with E-state index in [1.54, 1.807) is 0 Å². The summed E-state index contributed by atoms with van der Waals surface area (Å²) in [6.07, 6.45) is 68.9. The van der Waals surface area contributed by atoms with Crippen LogP contribution in [0.4, 0.5) is 0 Å². The number of unbranched alkanes of at least 4 members (excludes halogenated alkanes) is 27. The minimum Gasteiger partial charge on any atom is -0.462 e. The predicted octanol–water partition coefficient (Wildman–Crippen LogP) is 18.6. The highest BCUT2D eigenvalue weighted by Gasteiger charge is 2.19. The standard InChI is InChI=1S/C60H104O6/c1-4-7-10-13-16-19-22-25-28-30-31-33-35-38-41-44-47-50-53-59(62)65-56-57(55-64-58(61)52-49-46-43-40-37-34-27-24-21-18-15-12-9-6-3)66-60(63)54-51-48-45-42-39-36-32-29-26-23-20-17-14-11-8-5-2/h8-9,11-12,17-18,20-21,26,29,31,33,57H,4-7,10,13-16,19,22-25,27-28,30,32,34-56H2,1-3H3/b11-8-,12-9-,20-17-,21-18-,29-26-,33-31-. The van der Waals surface area contributed by atoms with E-state index in [0.29, 0.717) is 19.3 Å². The van der Waals surface area contributed by atoms with Gasteiger partial charge in [-0.1, -0.05) is 222 Å². The number of rotatable bonds is 50. The van der Waals surface area contributed by atoms with Crippen LogP contribution in [0.5, 0.6) is 0 Å². The zero-order chi connectivity index (χ0) is 47.9. The molecule has 1 unspecified atom stereocenters. The van der Waals surface area contributed by atoms with Crippen molar-refractivity contribution in [1.82, 2.24) is 0 Å². The molecular formula is C60H104O6. The van der Waals surface area contributed by atoms with Gasteiger partial charge in [0.05, 0.1) is 0 Å². The number of carbonyl (C=O) groups is 3. The smallest absolute Gasteiger partial charge is 0.306 e. The monoisotopic (exact) mass is 921 g/mol. The normalized spacial score (nSPS) is 12.6. The van der Waals surface area contributed by atoms with Crippen molar-refractivity contribution in [3.8, 4) is 0 Å². The van der Waals surface area contributed by atoms with E-state index in [-0.39, 0.29) is 31.1 Å². The van der Waals surface area contributed by atoms with E-state index in [9.17, 15) is 14.4 Å². The Morgan fingerprint density at radius 3 is 0.939 bits per heavy atom. The number of carbonyl (C=O) groups excluding carboxylic acids is 3. The first-order valence-corrected chi connectivity index (χ1v) is 27.9. The van der Waals surface area contributed by atoms with Gasteiger partial charge in [0.25, 0.3) is 0 Å². The zero-order valence-corrected chi connectivity index (χ0v) is 43.4. The second-order valence-electron chi connectivity index (χ2n) is 18.4. The molecule has 6 heteroatoms. The molecule has 0 aromatic rings. The summed E-state index contributed by atoms with van der Waals surface area (Å²) < 4.78 is 16.8. The SMILES string of the molecule is CC/C=C\C/C=C\C/C=C\CCCCCCCCC(=O)OC(COC(=O)CCCCCCC/C=C\CCCCCCCCCCC)COC(=O)CCCCCCCCC/C=C\C/C=C\CC. The van der Waals surface area contributed by atoms with E-state index in [1.807, 2.05) is 0 Å². The van der Waals surface area contributed by atoms with Crippen molar-refractivity contribution in [3.05, 3.63) is 72.9 Å². The minimum absolute atomic E-state index is 0.0873. The summed E-state index contributed by atoms with van der Waals surface area (Å²) in [5, 5.41) is 0. The minimum atomic E-state index is -0.789. The Balaban J connectivity index is 4.40. The quantitative estimate of drug-likeness (QED) is 0.0262. The average Bonchev–Trinajstić information content (AvgIpc) is 3.31. The van der Waals surface area contributed by atoms with E-state index in [0.717, 1.165) is 116 Å². The van der Waals surface area contributed by atoms with Crippen LogP contribution in [0.15, 0.2) is 72.9 Å². The molecule has 0 aliphatic heterocycles. The zero-order valence-electron chi connectivity index (χ0n) is 43.4. The van der Waals surface area contributed by atoms with Crippen LogP contribution in [0.1, 0.15) is 271 Å². The van der Waals surface area contributed by atoms with Crippen LogP contribution in [-0.4, -0.2) is 37.2 Å². The molecule has 0 heterocycles. The maximum atomic E-state index is 12.8. The molecule has 0 aromatic heterocycles. The Kier molecular flexibility index (Phi) is 51.9. The molecule has 0 rings (SSSR count). The topological polar surface area (TPSA) is 78.9 Å². The van der Waals surface area contributed by atoms with Gasteiger partial charge >= 0.3 is 17.9 Å². The van der Waals surface area contributed by atoms with E-state index in [1.165, 1.54) is 116 Å². The number of ether oxygens (including phenoxy) is 3. The van der Waals surface area contributed by atoms with Crippen molar-refractivity contribution < 1.29 is 28.6 Å². The van der Waals surface area contributed by atoms with Crippen LogP contribution in [0.25, 0.3) is 0 Å². The highest BCUT2D eigenvalue weighted by molar-refractivity contribution is 5.71. The van der Waals surface area contributed by atoms with Gasteiger partial charge in [0.2, 0.25) is 0 Å². The highest BCUT2D eigenvalue weighted by Crippen LogP contribution is 2.15. The maximum absolute atomic E-state index is 12.8. The van der Waals surface area contributed by atoms with Gasteiger partial charge in [-0.15, -0.1) is 0 Å². The molecule has 0 aliphatic carbocycles. The Labute approximate surface area is 408 Å². The molecule has 0 saturated carbocycles.